The molecule has 5 nitrogen and oxygen atoms in total. The number of benzene rings is 1. The van der Waals surface area contributed by atoms with Gasteiger partial charge in [-0.1, -0.05) is 12.1 Å². The van der Waals surface area contributed by atoms with Gasteiger partial charge in [-0.05, 0) is 38.5 Å². The molecule has 0 bridgehead atoms. The fourth-order valence-electron chi connectivity index (χ4n) is 3.16. The van der Waals surface area contributed by atoms with Gasteiger partial charge in [0.1, 0.15) is 17.0 Å². The van der Waals surface area contributed by atoms with Gasteiger partial charge in [0.25, 0.3) is 0 Å². The van der Waals surface area contributed by atoms with Gasteiger partial charge in [0, 0.05) is 6.54 Å². The van der Waals surface area contributed by atoms with E-state index in [9.17, 15) is 9.18 Å². The first-order valence-electron chi connectivity index (χ1n) is 7.90. The van der Waals surface area contributed by atoms with Crippen LogP contribution in [0.2, 0.25) is 0 Å². The van der Waals surface area contributed by atoms with E-state index in [-0.39, 0.29) is 18.0 Å². The van der Waals surface area contributed by atoms with Gasteiger partial charge in [-0.25, -0.2) is 9.18 Å². The van der Waals surface area contributed by atoms with Crippen LogP contribution in [0, 0.1) is 5.82 Å². The Hall–Kier alpha value is -1.66. The van der Waals surface area contributed by atoms with Crippen molar-refractivity contribution in [2.75, 3.05) is 26.2 Å². The summed E-state index contributed by atoms with van der Waals surface area (Å²) >= 11 is 0. The standard InChI is InChI=1S/C17H23FN2O3/c1-16(2,3)23-15(21)20-10-17(11-20)14(19-7-8-22-17)12-5-4-6-13(18)9-12/h4-6,9,14,19H,7-8,10-11H2,1-3H3. The number of amides is 1. The van der Waals surface area contributed by atoms with E-state index < -0.39 is 11.2 Å². The van der Waals surface area contributed by atoms with Gasteiger partial charge in [0.05, 0.1) is 25.7 Å². The Bertz CT molecular complexity index is 594. The molecule has 23 heavy (non-hydrogen) atoms. The highest BCUT2D eigenvalue weighted by Crippen LogP contribution is 2.40. The molecule has 0 aromatic heterocycles. The number of morpholine rings is 1. The molecule has 1 unspecified atom stereocenters. The molecule has 2 aliphatic heterocycles. The Morgan fingerprint density at radius 2 is 2.17 bits per heavy atom. The zero-order valence-corrected chi connectivity index (χ0v) is 13.8. The van der Waals surface area contributed by atoms with E-state index in [2.05, 4.69) is 5.32 Å². The van der Waals surface area contributed by atoms with Crippen LogP contribution in [0.1, 0.15) is 32.4 Å². The third-order valence-electron chi connectivity index (χ3n) is 4.12. The van der Waals surface area contributed by atoms with Crippen molar-refractivity contribution in [3.8, 4) is 0 Å². The van der Waals surface area contributed by atoms with E-state index in [0.29, 0.717) is 26.2 Å². The van der Waals surface area contributed by atoms with Crippen LogP contribution in [0.5, 0.6) is 0 Å². The predicted molar refractivity (Wildman–Crippen MR) is 83.6 cm³/mol. The van der Waals surface area contributed by atoms with Crippen molar-refractivity contribution in [3.05, 3.63) is 35.6 Å². The number of ether oxygens (including phenoxy) is 2. The number of nitrogens with zero attached hydrogens (tertiary/aromatic N) is 1. The van der Waals surface area contributed by atoms with E-state index in [0.717, 1.165) is 5.56 Å². The molecule has 0 saturated carbocycles. The molecule has 1 N–H and O–H groups in total. The second kappa shape index (κ2) is 5.76. The second-order valence-electron chi connectivity index (χ2n) is 7.19. The van der Waals surface area contributed by atoms with Crippen LogP contribution in [-0.4, -0.2) is 48.4 Å². The topological polar surface area (TPSA) is 50.8 Å². The Balaban J connectivity index is 1.72. The van der Waals surface area contributed by atoms with Gasteiger partial charge >= 0.3 is 6.09 Å². The first-order valence-corrected chi connectivity index (χ1v) is 7.90. The molecular formula is C17H23FN2O3. The van der Waals surface area contributed by atoms with Gasteiger partial charge in [0.15, 0.2) is 0 Å². The molecular weight excluding hydrogens is 299 g/mol. The van der Waals surface area contributed by atoms with E-state index in [4.69, 9.17) is 9.47 Å². The summed E-state index contributed by atoms with van der Waals surface area (Å²) in [5, 5.41) is 3.39. The Morgan fingerprint density at radius 1 is 1.43 bits per heavy atom. The molecule has 1 amide bonds. The largest absolute Gasteiger partial charge is 0.444 e. The minimum absolute atomic E-state index is 0.134. The fraction of sp³-hybridized carbons (Fsp3) is 0.588. The molecule has 2 saturated heterocycles. The summed E-state index contributed by atoms with van der Waals surface area (Å²) in [5.41, 5.74) is -0.190. The maximum Gasteiger partial charge on any atom is 0.410 e. The van der Waals surface area contributed by atoms with Crippen molar-refractivity contribution in [1.29, 1.82) is 0 Å². The smallest absolute Gasteiger partial charge is 0.410 e. The predicted octanol–water partition coefficient (Wildman–Crippen LogP) is 2.48. The highest BCUT2D eigenvalue weighted by molar-refractivity contribution is 5.70. The number of nitrogens with one attached hydrogen (secondary N) is 1. The number of likely N-dealkylation sites (tertiary alicyclic amines) is 1. The average Bonchev–Trinajstić information content (AvgIpc) is 2.42. The monoisotopic (exact) mass is 322 g/mol. The maximum absolute atomic E-state index is 13.5. The van der Waals surface area contributed by atoms with Gasteiger partial charge in [-0.2, -0.15) is 0 Å². The Kier molecular flexibility index (Phi) is 4.06. The highest BCUT2D eigenvalue weighted by atomic mass is 19.1. The van der Waals surface area contributed by atoms with Gasteiger partial charge < -0.3 is 19.7 Å². The molecule has 2 fully saturated rings. The third-order valence-corrected chi connectivity index (χ3v) is 4.12. The SMILES string of the molecule is CC(C)(C)OC(=O)N1CC2(C1)OCCNC2c1cccc(F)c1. The summed E-state index contributed by atoms with van der Waals surface area (Å²) in [7, 11) is 0. The number of halogens is 1. The van der Waals surface area contributed by atoms with E-state index in [1.54, 1.807) is 11.0 Å². The lowest BCUT2D eigenvalue weighted by molar-refractivity contribution is -0.176. The zero-order chi connectivity index (χ0) is 16.7. The number of hydrogen-bond acceptors (Lipinski definition) is 4. The lowest BCUT2D eigenvalue weighted by Gasteiger charge is -2.55. The lowest BCUT2D eigenvalue weighted by Crippen LogP contribution is -2.71. The van der Waals surface area contributed by atoms with Crippen molar-refractivity contribution >= 4 is 6.09 Å². The third kappa shape index (κ3) is 3.33. The van der Waals surface area contributed by atoms with Crippen LogP contribution in [-0.2, 0) is 9.47 Å². The normalized spacial score (nSPS) is 23.5. The van der Waals surface area contributed by atoms with Crippen LogP contribution in [0.4, 0.5) is 9.18 Å². The Morgan fingerprint density at radius 3 is 2.83 bits per heavy atom. The Labute approximate surface area is 135 Å². The van der Waals surface area contributed by atoms with E-state index >= 15 is 0 Å². The second-order valence-corrected chi connectivity index (χ2v) is 7.19. The summed E-state index contributed by atoms with van der Waals surface area (Å²) in [4.78, 5) is 13.8. The molecule has 1 atom stereocenters. The lowest BCUT2D eigenvalue weighted by atomic mass is 9.81. The molecule has 0 radical (unpaired) electrons. The van der Waals surface area contributed by atoms with Gasteiger partial charge in [-0.3, -0.25) is 0 Å². The van der Waals surface area contributed by atoms with Crippen molar-refractivity contribution in [2.24, 2.45) is 0 Å². The van der Waals surface area contributed by atoms with Crippen LogP contribution in [0.15, 0.2) is 24.3 Å². The van der Waals surface area contributed by atoms with E-state index in [1.807, 2.05) is 26.8 Å². The summed E-state index contributed by atoms with van der Waals surface area (Å²) in [6.45, 7) is 7.69. The first-order chi connectivity index (χ1) is 10.8. The van der Waals surface area contributed by atoms with Crippen LogP contribution < -0.4 is 5.32 Å². The summed E-state index contributed by atoms with van der Waals surface area (Å²) < 4.78 is 24.9. The van der Waals surface area contributed by atoms with Gasteiger partial charge in [-0.15, -0.1) is 0 Å². The first kappa shape index (κ1) is 16.2. The van der Waals surface area contributed by atoms with Crippen molar-refractivity contribution < 1.29 is 18.7 Å². The number of hydrogen-bond donors (Lipinski definition) is 1. The molecule has 6 heteroatoms. The van der Waals surface area contributed by atoms with Crippen molar-refractivity contribution in [2.45, 2.75) is 38.0 Å². The molecule has 1 aromatic carbocycles. The number of carbonyl (C=O) groups excluding carboxylic acids is 1. The minimum Gasteiger partial charge on any atom is -0.444 e. The van der Waals surface area contributed by atoms with Crippen LogP contribution in [0.25, 0.3) is 0 Å². The summed E-state index contributed by atoms with van der Waals surface area (Å²) in [6.07, 6.45) is -0.338. The van der Waals surface area contributed by atoms with Crippen LogP contribution >= 0.6 is 0 Å². The molecule has 2 heterocycles. The number of rotatable bonds is 1. The quantitative estimate of drug-likeness (QED) is 0.863. The molecule has 1 aromatic rings. The minimum atomic E-state index is -0.520. The van der Waals surface area contributed by atoms with Crippen molar-refractivity contribution in [1.82, 2.24) is 10.2 Å². The van der Waals surface area contributed by atoms with E-state index in [1.165, 1.54) is 12.1 Å². The molecule has 1 spiro atoms. The zero-order valence-electron chi connectivity index (χ0n) is 13.8. The van der Waals surface area contributed by atoms with Gasteiger partial charge in [0.2, 0.25) is 0 Å². The fourth-order valence-corrected chi connectivity index (χ4v) is 3.16. The molecule has 2 aliphatic rings. The average molecular weight is 322 g/mol. The summed E-state index contributed by atoms with van der Waals surface area (Å²) in [6, 6.07) is 6.38. The molecule has 126 valence electrons. The maximum atomic E-state index is 13.5. The molecule has 3 rings (SSSR count). The van der Waals surface area contributed by atoms with Crippen LogP contribution in [0.3, 0.4) is 0 Å². The molecule has 0 aliphatic carbocycles. The van der Waals surface area contributed by atoms with Crippen molar-refractivity contribution in [3.63, 3.8) is 0 Å². The number of carbonyl (C=O) groups is 1. The highest BCUT2D eigenvalue weighted by Gasteiger charge is 2.54. The summed E-state index contributed by atoms with van der Waals surface area (Å²) in [5.74, 6) is -0.270.